The Morgan fingerprint density at radius 1 is 0.743 bits per heavy atom. The molecule has 0 bridgehead atoms. The van der Waals surface area contributed by atoms with Gasteiger partial charge in [0.2, 0.25) is 0 Å². The monoisotopic (exact) mass is 580 g/mol. The lowest BCUT2D eigenvalue weighted by atomic mass is 10.1. The summed E-state index contributed by atoms with van der Waals surface area (Å²) in [5.74, 6) is -13.3. The Morgan fingerprint density at radius 2 is 1.23 bits per heavy atom. The second kappa shape index (κ2) is 10.1. The molecule has 1 aromatic rings. The van der Waals surface area contributed by atoms with E-state index < -0.39 is 54.1 Å². The molecule has 0 aliphatic carbocycles. The molecule has 0 aromatic heterocycles. The molecule has 0 aliphatic rings. The summed E-state index contributed by atoms with van der Waals surface area (Å²) in [7, 11) is 0. The quantitative estimate of drug-likeness (QED) is 0.188. The summed E-state index contributed by atoms with van der Waals surface area (Å²) in [4.78, 5) is 0. The second-order valence-corrected chi connectivity index (χ2v) is 7.45. The topological polar surface area (TPSA) is 27.7 Å². The number of hydrogen-bond acceptors (Lipinski definition) is 3. The van der Waals surface area contributed by atoms with E-state index >= 15 is 0 Å². The predicted molar refractivity (Wildman–Crippen MR) is 93.6 cm³/mol. The summed E-state index contributed by atoms with van der Waals surface area (Å²) < 4.78 is 182. The van der Waals surface area contributed by atoms with E-state index in [-0.39, 0.29) is 5.56 Å². The molecule has 0 saturated heterocycles. The van der Waals surface area contributed by atoms with Crippen LogP contribution in [0.15, 0.2) is 30.8 Å². The van der Waals surface area contributed by atoms with Gasteiger partial charge >= 0.3 is 40.9 Å². The Hall–Kier alpha value is -1.49. The maximum Gasteiger partial charge on any atom is 0.458 e. The number of ether oxygens (including phenoxy) is 3. The van der Waals surface area contributed by atoms with Gasteiger partial charge in [0.15, 0.2) is 0 Å². The Kier molecular flexibility index (Phi) is 9.11. The van der Waals surface area contributed by atoms with Crippen LogP contribution in [-0.2, 0) is 20.8 Å². The van der Waals surface area contributed by atoms with Crippen molar-refractivity contribution in [3.05, 3.63) is 42.0 Å². The summed E-state index contributed by atoms with van der Waals surface area (Å²) in [5, 5.41) is -11.7. The fraction of sp³-hybridized carbons (Fsp3) is 0.529. The lowest BCUT2D eigenvalue weighted by Gasteiger charge is -2.39. The molecular weight excluding hydrogens is 570 g/mol. The molecule has 3 nitrogen and oxygen atoms in total. The van der Waals surface area contributed by atoms with Crippen molar-refractivity contribution < 1.29 is 71.3 Å². The number of benzene rings is 1. The summed E-state index contributed by atoms with van der Waals surface area (Å²) in [5.41, 5.74) is 0.601. The van der Waals surface area contributed by atoms with Crippen LogP contribution < -0.4 is 0 Å². The van der Waals surface area contributed by atoms with Crippen LogP contribution in [0, 0.1) is 0 Å². The predicted octanol–water partition coefficient (Wildman–Crippen LogP) is 7.62. The van der Waals surface area contributed by atoms with Crippen molar-refractivity contribution in [3.63, 3.8) is 0 Å². The van der Waals surface area contributed by atoms with Gasteiger partial charge in [-0.25, -0.2) is 0 Å². The summed E-state index contributed by atoms with van der Waals surface area (Å²) in [6.45, 7) is 0.0116. The van der Waals surface area contributed by atoms with Crippen molar-refractivity contribution in [1.29, 1.82) is 0 Å². The SMILES string of the molecule is C=Cc1ccc(COCC(F)(F)C(F)(F)OC(F)(C(F)(F)F)C(F)(F)OC(F)(Cl)C(F)(F)Cl)cc1. The molecule has 35 heavy (non-hydrogen) atoms. The number of hydrogen-bond donors (Lipinski definition) is 0. The first-order valence-corrected chi connectivity index (χ1v) is 9.21. The van der Waals surface area contributed by atoms with Gasteiger partial charge < -0.3 is 4.74 Å². The lowest BCUT2D eigenvalue weighted by molar-refractivity contribution is -0.532. The van der Waals surface area contributed by atoms with Crippen LogP contribution in [0.25, 0.3) is 6.08 Å². The zero-order valence-corrected chi connectivity index (χ0v) is 17.9. The molecule has 0 fully saturated rings. The number of alkyl halides is 15. The molecule has 1 aromatic carbocycles. The van der Waals surface area contributed by atoms with Crippen LogP contribution in [0.2, 0.25) is 0 Å². The van der Waals surface area contributed by atoms with E-state index in [0.29, 0.717) is 5.56 Å². The van der Waals surface area contributed by atoms with Gasteiger partial charge in [0, 0.05) is 0 Å². The van der Waals surface area contributed by atoms with Gasteiger partial charge in [-0.3, -0.25) is 9.47 Å². The van der Waals surface area contributed by atoms with Crippen molar-refractivity contribution in [2.75, 3.05) is 6.61 Å². The highest BCUT2D eigenvalue weighted by atomic mass is 35.5. The standard InChI is InChI=1S/C17H11Cl2F13O3/c1-2-9-3-5-10(6-4-9)7-33-8-11(20,21)16(29,30)34-12(22,15(26,27)28)17(31,32)35-14(19,25)13(18,23)24/h2-6H,1,7-8H2. The highest BCUT2D eigenvalue weighted by Gasteiger charge is 2.81. The molecule has 202 valence electrons. The van der Waals surface area contributed by atoms with Crippen LogP contribution in [0.4, 0.5) is 57.1 Å². The van der Waals surface area contributed by atoms with Crippen LogP contribution in [0.1, 0.15) is 11.1 Å². The van der Waals surface area contributed by atoms with Gasteiger partial charge in [-0.1, -0.05) is 36.9 Å². The summed E-state index contributed by atoms with van der Waals surface area (Å²) in [6.07, 6.45) is -20.1. The molecule has 2 atom stereocenters. The summed E-state index contributed by atoms with van der Waals surface area (Å²) in [6, 6.07) is 5.22. The fourth-order valence-corrected chi connectivity index (χ4v) is 2.08. The van der Waals surface area contributed by atoms with E-state index in [1.807, 2.05) is 0 Å². The van der Waals surface area contributed by atoms with Crippen molar-refractivity contribution in [2.24, 2.45) is 0 Å². The minimum absolute atomic E-state index is 0.0640. The molecule has 0 aliphatic heterocycles. The van der Waals surface area contributed by atoms with Crippen molar-refractivity contribution in [2.45, 2.75) is 47.5 Å². The van der Waals surface area contributed by atoms with Crippen LogP contribution in [0.3, 0.4) is 0 Å². The highest BCUT2D eigenvalue weighted by Crippen LogP contribution is 2.55. The lowest BCUT2D eigenvalue weighted by Crippen LogP contribution is -2.65. The molecule has 1 rings (SSSR count). The minimum Gasteiger partial charge on any atom is -0.370 e. The van der Waals surface area contributed by atoms with Crippen molar-refractivity contribution >= 4 is 29.3 Å². The van der Waals surface area contributed by atoms with E-state index in [2.05, 4.69) is 44.0 Å². The molecule has 0 heterocycles. The first kappa shape index (κ1) is 31.5. The average Bonchev–Trinajstić information content (AvgIpc) is 2.65. The van der Waals surface area contributed by atoms with Crippen LogP contribution in [0.5, 0.6) is 0 Å². The molecule has 0 amide bonds. The Balaban J connectivity index is 3.15. The molecule has 0 N–H and O–H groups in total. The second-order valence-electron chi connectivity index (χ2n) is 6.49. The number of rotatable bonds is 12. The highest BCUT2D eigenvalue weighted by molar-refractivity contribution is 6.31. The molecular formula is C17H11Cl2F13O3. The average molecular weight is 581 g/mol. The number of halogens is 15. The first-order valence-electron chi connectivity index (χ1n) is 8.45. The molecule has 2 unspecified atom stereocenters. The molecule has 0 saturated carbocycles. The fourth-order valence-electron chi connectivity index (χ4n) is 1.95. The summed E-state index contributed by atoms with van der Waals surface area (Å²) >= 11 is 7.95. The van der Waals surface area contributed by atoms with Crippen LogP contribution in [-0.4, -0.2) is 47.5 Å². The molecule has 18 heteroatoms. The van der Waals surface area contributed by atoms with E-state index in [9.17, 15) is 57.1 Å². The Labute approximate surface area is 197 Å². The van der Waals surface area contributed by atoms with Crippen LogP contribution >= 0.6 is 23.2 Å². The van der Waals surface area contributed by atoms with E-state index in [1.54, 1.807) is 0 Å². The maximum absolute atomic E-state index is 14.1. The smallest absolute Gasteiger partial charge is 0.370 e. The van der Waals surface area contributed by atoms with E-state index in [4.69, 9.17) is 0 Å². The maximum atomic E-state index is 14.1. The third-order valence-electron chi connectivity index (χ3n) is 3.79. The normalized spacial score (nSPS) is 17.6. The van der Waals surface area contributed by atoms with E-state index in [1.165, 1.54) is 30.3 Å². The van der Waals surface area contributed by atoms with Gasteiger partial charge in [-0.05, 0) is 34.3 Å². The molecule has 0 radical (unpaired) electrons. The largest absolute Gasteiger partial charge is 0.458 e. The zero-order valence-electron chi connectivity index (χ0n) is 16.4. The zero-order chi connectivity index (χ0) is 27.7. The van der Waals surface area contributed by atoms with Gasteiger partial charge in [-0.15, -0.1) is 0 Å². The van der Waals surface area contributed by atoms with E-state index in [0.717, 1.165) is 0 Å². The van der Waals surface area contributed by atoms with Gasteiger partial charge in [-0.2, -0.15) is 57.1 Å². The third-order valence-corrected chi connectivity index (χ3v) is 4.44. The third kappa shape index (κ3) is 7.05. The van der Waals surface area contributed by atoms with Crippen molar-refractivity contribution in [3.8, 4) is 0 Å². The van der Waals surface area contributed by atoms with Gasteiger partial charge in [0.05, 0.1) is 6.61 Å². The Bertz CT molecular complexity index is 869. The van der Waals surface area contributed by atoms with Gasteiger partial charge in [0.25, 0.3) is 0 Å². The van der Waals surface area contributed by atoms with Crippen molar-refractivity contribution in [1.82, 2.24) is 0 Å². The first-order chi connectivity index (χ1) is 15.4. The minimum atomic E-state index is -7.42. The van der Waals surface area contributed by atoms with Gasteiger partial charge in [0.1, 0.15) is 6.61 Å². The Morgan fingerprint density at radius 3 is 1.63 bits per heavy atom. The molecule has 0 spiro atoms.